The van der Waals surface area contributed by atoms with Gasteiger partial charge in [-0.1, -0.05) is 0 Å². The molecule has 2 rings (SSSR count). The first kappa shape index (κ1) is 14.7. The minimum absolute atomic E-state index is 0.177. The van der Waals surface area contributed by atoms with Crippen molar-refractivity contribution in [1.29, 1.82) is 0 Å². The topological polar surface area (TPSA) is 108 Å². The molecule has 2 aromatic rings. The van der Waals surface area contributed by atoms with Gasteiger partial charge in [-0.2, -0.15) is 10.2 Å². The van der Waals surface area contributed by atoms with Crippen LogP contribution in [0.25, 0.3) is 0 Å². The molecule has 0 aliphatic rings. The molecular formula is C12H16N6O3. The van der Waals surface area contributed by atoms with Crippen molar-refractivity contribution in [2.45, 2.75) is 26.9 Å². The lowest BCUT2D eigenvalue weighted by Gasteiger charge is -2.01. The predicted molar refractivity (Wildman–Crippen MR) is 73.7 cm³/mol. The van der Waals surface area contributed by atoms with Crippen LogP contribution in [0.5, 0.6) is 0 Å². The largest absolute Gasteiger partial charge is 0.346 e. The van der Waals surface area contributed by atoms with E-state index in [0.29, 0.717) is 6.54 Å². The zero-order chi connectivity index (χ0) is 15.6. The van der Waals surface area contributed by atoms with E-state index in [2.05, 4.69) is 15.5 Å². The molecule has 0 radical (unpaired) electrons. The highest BCUT2D eigenvalue weighted by Gasteiger charge is 2.25. The van der Waals surface area contributed by atoms with Crippen molar-refractivity contribution in [3.63, 3.8) is 0 Å². The monoisotopic (exact) mass is 292 g/mol. The van der Waals surface area contributed by atoms with Crippen LogP contribution in [0.2, 0.25) is 0 Å². The average molecular weight is 292 g/mol. The molecular weight excluding hydrogens is 276 g/mol. The number of amides is 1. The highest BCUT2D eigenvalue weighted by Crippen LogP contribution is 2.16. The van der Waals surface area contributed by atoms with Crippen LogP contribution in [0.1, 0.15) is 28.7 Å². The van der Waals surface area contributed by atoms with E-state index < -0.39 is 10.8 Å². The summed E-state index contributed by atoms with van der Waals surface area (Å²) in [7, 11) is 1.78. The SMILES string of the molecule is CCn1cc([N+](=O)[O-])c(C(=O)NCc2cn(C)nc2C)n1. The van der Waals surface area contributed by atoms with E-state index in [-0.39, 0.29) is 17.9 Å². The maximum Gasteiger partial charge on any atom is 0.320 e. The van der Waals surface area contributed by atoms with Crippen molar-refractivity contribution in [3.05, 3.63) is 39.5 Å². The summed E-state index contributed by atoms with van der Waals surface area (Å²) in [5.74, 6) is -0.572. The smallest absolute Gasteiger partial charge is 0.320 e. The normalized spacial score (nSPS) is 10.6. The number of carbonyl (C=O) groups excluding carboxylic acids is 1. The van der Waals surface area contributed by atoms with Crippen LogP contribution >= 0.6 is 0 Å². The van der Waals surface area contributed by atoms with Crippen LogP contribution in [-0.2, 0) is 20.1 Å². The molecule has 0 spiro atoms. The van der Waals surface area contributed by atoms with Crippen LogP contribution in [0.15, 0.2) is 12.4 Å². The summed E-state index contributed by atoms with van der Waals surface area (Å²) in [6.45, 7) is 4.32. The Morgan fingerprint density at radius 1 is 1.43 bits per heavy atom. The summed E-state index contributed by atoms with van der Waals surface area (Å²) >= 11 is 0. The van der Waals surface area contributed by atoms with Crippen LogP contribution in [0, 0.1) is 17.0 Å². The van der Waals surface area contributed by atoms with Crippen LogP contribution in [-0.4, -0.2) is 30.4 Å². The Hall–Kier alpha value is -2.71. The van der Waals surface area contributed by atoms with Gasteiger partial charge in [0.1, 0.15) is 6.20 Å². The van der Waals surface area contributed by atoms with Gasteiger partial charge in [0.05, 0.1) is 10.6 Å². The highest BCUT2D eigenvalue weighted by molar-refractivity contribution is 5.95. The van der Waals surface area contributed by atoms with Crippen molar-refractivity contribution >= 4 is 11.6 Å². The summed E-state index contributed by atoms with van der Waals surface area (Å²) in [6.07, 6.45) is 3.04. The van der Waals surface area contributed by atoms with E-state index >= 15 is 0 Å². The number of carbonyl (C=O) groups is 1. The summed E-state index contributed by atoms with van der Waals surface area (Å²) in [4.78, 5) is 22.4. The predicted octanol–water partition coefficient (Wildman–Crippen LogP) is 0.783. The zero-order valence-electron chi connectivity index (χ0n) is 12.0. The standard InChI is InChI=1S/C12H16N6O3/c1-4-17-7-10(18(20)21)11(15-17)12(19)13-5-9-6-16(3)14-8(9)2/h6-7H,4-5H2,1-3H3,(H,13,19). The van der Waals surface area contributed by atoms with Gasteiger partial charge in [-0.25, -0.2) is 0 Å². The van der Waals surface area contributed by atoms with Gasteiger partial charge in [-0.05, 0) is 13.8 Å². The van der Waals surface area contributed by atoms with Gasteiger partial charge in [0.15, 0.2) is 0 Å². The number of nitrogens with zero attached hydrogens (tertiary/aromatic N) is 5. The average Bonchev–Trinajstić information content (AvgIpc) is 2.99. The maximum atomic E-state index is 12.1. The summed E-state index contributed by atoms with van der Waals surface area (Å²) in [5.41, 5.74) is 1.18. The maximum absolute atomic E-state index is 12.1. The first-order valence-corrected chi connectivity index (χ1v) is 6.41. The van der Waals surface area contributed by atoms with E-state index in [4.69, 9.17) is 0 Å². The third-order valence-electron chi connectivity index (χ3n) is 3.03. The number of aromatic nitrogens is 4. The van der Waals surface area contributed by atoms with Crippen molar-refractivity contribution < 1.29 is 9.72 Å². The van der Waals surface area contributed by atoms with Gasteiger partial charge in [0.25, 0.3) is 5.91 Å². The molecule has 0 aromatic carbocycles. The van der Waals surface area contributed by atoms with E-state index in [1.807, 2.05) is 6.92 Å². The fourth-order valence-corrected chi connectivity index (χ4v) is 1.95. The second kappa shape index (κ2) is 5.73. The Kier molecular flexibility index (Phi) is 4.01. The van der Waals surface area contributed by atoms with E-state index in [9.17, 15) is 14.9 Å². The zero-order valence-corrected chi connectivity index (χ0v) is 12.0. The summed E-state index contributed by atoms with van der Waals surface area (Å²) < 4.78 is 3.01. The highest BCUT2D eigenvalue weighted by atomic mass is 16.6. The Morgan fingerprint density at radius 3 is 2.67 bits per heavy atom. The molecule has 0 atom stereocenters. The van der Waals surface area contributed by atoms with Gasteiger partial charge in [-0.3, -0.25) is 24.3 Å². The number of hydrogen-bond acceptors (Lipinski definition) is 5. The first-order chi connectivity index (χ1) is 9.92. The number of rotatable bonds is 5. The molecule has 21 heavy (non-hydrogen) atoms. The molecule has 0 fully saturated rings. The summed E-state index contributed by atoms with van der Waals surface area (Å²) in [6, 6.07) is 0. The molecule has 0 aliphatic heterocycles. The van der Waals surface area contributed by atoms with Gasteiger partial charge in [-0.15, -0.1) is 0 Å². The molecule has 9 heteroatoms. The molecule has 0 saturated heterocycles. The van der Waals surface area contributed by atoms with Crippen LogP contribution in [0.4, 0.5) is 5.69 Å². The number of nitrogens with one attached hydrogen (secondary N) is 1. The molecule has 9 nitrogen and oxygen atoms in total. The first-order valence-electron chi connectivity index (χ1n) is 6.41. The quantitative estimate of drug-likeness (QED) is 0.647. The molecule has 2 heterocycles. The van der Waals surface area contributed by atoms with Gasteiger partial charge >= 0.3 is 5.69 Å². The van der Waals surface area contributed by atoms with E-state index in [0.717, 1.165) is 11.3 Å². The fourth-order valence-electron chi connectivity index (χ4n) is 1.95. The molecule has 112 valence electrons. The molecule has 0 saturated carbocycles. The Morgan fingerprint density at radius 2 is 2.14 bits per heavy atom. The second-order valence-corrected chi connectivity index (χ2v) is 4.57. The minimum atomic E-state index is -0.608. The lowest BCUT2D eigenvalue weighted by atomic mass is 10.2. The third-order valence-corrected chi connectivity index (χ3v) is 3.03. The Bertz CT molecular complexity index is 687. The number of nitro groups is 1. The molecule has 0 aliphatic carbocycles. The summed E-state index contributed by atoms with van der Waals surface area (Å²) in [5, 5.41) is 21.7. The lowest BCUT2D eigenvalue weighted by molar-refractivity contribution is -0.385. The molecule has 1 amide bonds. The van der Waals surface area contributed by atoms with Crippen molar-refractivity contribution in [2.24, 2.45) is 7.05 Å². The fraction of sp³-hybridized carbons (Fsp3) is 0.417. The van der Waals surface area contributed by atoms with Gasteiger partial charge < -0.3 is 5.32 Å². The van der Waals surface area contributed by atoms with Crippen LogP contribution in [0.3, 0.4) is 0 Å². The molecule has 0 unspecified atom stereocenters. The Balaban J connectivity index is 2.15. The molecule has 2 aromatic heterocycles. The molecule has 1 N–H and O–H groups in total. The second-order valence-electron chi connectivity index (χ2n) is 4.57. The number of aryl methyl sites for hydroxylation is 3. The van der Waals surface area contributed by atoms with Crippen molar-refractivity contribution in [1.82, 2.24) is 24.9 Å². The Labute approximate surface area is 120 Å². The van der Waals surface area contributed by atoms with E-state index in [1.54, 1.807) is 24.9 Å². The van der Waals surface area contributed by atoms with E-state index in [1.165, 1.54) is 10.9 Å². The van der Waals surface area contributed by atoms with Crippen molar-refractivity contribution in [2.75, 3.05) is 0 Å². The minimum Gasteiger partial charge on any atom is -0.346 e. The number of hydrogen-bond donors (Lipinski definition) is 1. The third kappa shape index (κ3) is 3.07. The van der Waals surface area contributed by atoms with Gasteiger partial charge in [0, 0.05) is 31.9 Å². The molecule has 0 bridgehead atoms. The van der Waals surface area contributed by atoms with Gasteiger partial charge in [0.2, 0.25) is 5.69 Å². The van der Waals surface area contributed by atoms with Crippen LogP contribution < -0.4 is 5.32 Å². The lowest BCUT2D eigenvalue weighted by Crippen LogP contribution is -2.24. The van der Waals surface area contributed by atoms with Crippen molar-refractivity contribution in [3.8, 4) is 0 Å².